The number of rotatable bonds is 5. The number of hydrogen-bond acceptors (Lipinski definition) is 5. The number of halogens is 2. The van der Waals surface area contributed by atoms with Crippen molar-refractivity contribution in [3.8, 4) is 11.8 Å². The van der Waals surface area contributed by atoms with E-state index in [1.54, 1.807) is 12.1 Å². The Hall–Kier alpha value is -2.43. The lowest BCUT2D eigenvalue weighted by atomic mass is 10.1. The smallest absolute Gasteiger partial charge is 0.247 e. The van der Waals surface area contributed by atoms with E-state index in [4.69, 9.17) is 27.9 Å². The SMILES string of the molecule is C=CC(=O)N1CCN(C(=O)CNc2cc(Cl)c(Cl)cc2OC)CC1C#N. The summed E-state index contributed by atoms with van der Waals surface area (Å²) in [5.41, 5.74) is 0.535. The van der Waals surface area contributed by atoms with Gasteiger partial charge in [0.05, 0.1) is 42.0 Å². The molecular formula is C17H18Cl2N4O3. The van der Waals surface area contributed by atoms with Crippen LogP contribution in [0.2, 0.25) is 10.0 Å². The minimum absolute atomic E-state index is 0.0120. The molecule has 1 aliphatic heterocycles. The monoisotopic (exact) mass is 396 g/mol. The minimum atomic E-state index is -0.697. The Balaban J connectivity index is 2.01. The first-order valence-corrected chi connectivity index (χ1v) is 8.54. The summed E-state index contributed by atoms with van der Waals surface area (Å²) in [6.45, 7) is 4.19. The molecule has 0 spiro atoms. The number of carbonyl (C=O) groups excluding carboxylic acids is 2. The molecule has 1 heterocycles. The van der Waals surface area contributed by atoms with E-state index in [1.165, 1.54) is 23.0 Å². The number of hydrogen-bond donors (Lipinski definition) is 1. The van der Waals surface area contributed by atoms with Crippen LogP contribution < -0.4 is 10.1 Å². The van der Waals surface area contributed by atoms with E-state index in [2.05, 4.69) is 18.0 Å². The minimum Gasteiger partial charge on any atom is -0.495 e. The van der Waals surface area contributed by atoms with Crippen LogP contribution in [0.25, 0.3) is 0 Å². The van der Waals surface area contributed by atoms with Crippen molar-refractivity contribution in [3.63, 3.8) is 0 Å². The third-order valence-corrected chi connectivity index (χ3v) is 4.73. The summed E-state index contributed by atoms with van der Waals surface area (Å²) in [5.74, 6) is -0.0603. The molecular weight excluding hydrogens is 379 g/mol. The Labute approximate surface area is 161 Å². The summed E-state index contributed by atoms with van der Waals surface area (Å²) < 4.78 is 5.22. The van der Waals surface area contributed by atoms with Crippen LogP contribution in [0.15, 0.2) is 24.8 Å². The van der Waals surface area contributed by atoms with Crippen LogP contribution in [0.5, 0.6) is 5.75 Å². The fourth-order valence-electron chi connectivity index (χ4n) is 2.62. The van der Waals surface area contributed by atoms with Gasteiger partial charge in [-0.25, -0.2) is 0 Å². The zero-order valence-corrected chi connectivity index (χ0v) is 15.7. The zero-order chi connectivity index (χ0) is 19.3. The third-order valence-electron chi connectivity index (χ3n) is 4.01. The highest BCUT2D eigenvalue weighted by molar-refractivity contribution is 6.42. The predicted molar refractivity (Wildman–Crippen MR) is 99.4 cm³/mol. The van der Waals surface area contributed by atoms with E-state index in [0.29, 0.717) is 28.0 Å². The topological polar surface area (TPSA) is 85.7 Å². The van der Waals surface area contributed by atoms with Crippen molar-refractivity contribution in [1.82, 2.24) is 9.80 Å². The van der Waals surface area contributed by atoms with Gasteiger partial charge in [-0.1, -0.05) is 29.8 Å². The van der Waals surface area contributed by atoms with Gasteiger partial charge in [-0.3, -0.25) is 9.59 Å². The lowest BCUT2D eigenvalue weighted by molar-refractivity contribution is -0.137. The Morgan fingerprint density at radius 3 is 2.73 bits per heavy atom. The van der Waals surface area contributed by atoms with E-state index >= 15 is 0 Å². The van der Waals surface area contributed by atoms with Gasteiger partial charge in [0.1, 0.15) is 11.8 Å². The lowest BCUT2D eigenvalue weighted by Gasteiger charge is -2.37. The molecule has 0 aliphatic carbocycles. The average Bonchev–Trinajstić information content (AvgIpc) is 2.66. The van der Waals surface area contributed by atoms with E-state index in [-0.39, 0.29) is 31.4 Å². The maximum absolute atomic E-state index is 12.5. The summed E-state index contributed by atoms with van der Waals surface area (Å²) in [7, 11) is 1.49. The fourth-order valence-corrected chi connectivity index (χ4v) is 2.94. The zero-order valence-electron chi connectivity index (χ0n) is 14.2. The lowest BCUT2D eigenvalue weighted by Crippen LogP contribution is -2.56. The molecule has 2 rings (SSSR count). The number of nitrogens with zero attached hydrogens (tertiary/aromatic N) is 3. The van der Waals surface area contributed by atoms with Gasteiger partial charge < -0.3 is 19.9 Å². The number of amides is 2. The standard InChI is InChI=1S/C17H18Cl2N4O3/c1-3-16(24)23-5-4-22(10-11(23)8-20)17(25)9-21-14-6-12(18)13(19)7-15(14)26-2/h3,6-7,11,21H,1,4-5,9-10H2,2H3. The third kappa shape index (κ3) is 4.40. The highest BCUT2D eigenvalue weighted by atomic mass is 35.5. The molecule has 1 aromatic carbocycles. The van der Waals surface area contributed by atoms with E-state index in [1.807, 2.05) is 0 Å². The molecule has 1 saturated heterocycles. The number of ether oxygens (including phenoxy) is 1. The van der Waals surface area contributed by atoms with Crippen molar-refractivity contribution in [1.29, 1.82) is 5.26 Å². The van der Waals surface area contributed by atoms with E-state index < -0.39 is 6.04 Å². The molecule has 0 bridgehead atoms. The van der Waals surface area contributed by atoms with Crippen LogP contribution in [0.4, 0.5) is 5.69 Å². The van der Waals surface area contributed by atoms with Crippen molar-refractivity contribution < 1.29 is 14.3 Å². The molecule has 9 heteroatoms. The van der Waals surface area contributed by atoms with Crippen molar-refractivity contribution in [2.75, 3.05) is 38.6 Å². The molecule has 26 heavy (non-hydrogen) atoms. The molecule has 1 fully saturated rings. The molecule has 0 aromatic heterocycles. The van der Waals surface area contributed by atoms with Crippen LogP contribution in [-0.2, 0) is 9.59 Å². The van der Waals surface area contributed by atoms with Gasteiger partial charge in [0.25, 0.3) is 0 Å². The van der Waals surface area contributed by atoms with Crippen molar-refractivity contribution in [3.05, 3.63) is 34.8 Å². The molecule has 1 N–H and O–H groups in total. The van der Waals surface area contributed by atoms with Crippen molar-refractivity contribution in [2.24, 2.45) is 0 Å². The molecule has 1 aromatic rings. The summed E-state index contributed by atoms with van der Waals surface area (Å²) in [6.07, 6.45) is 1.17. The molecule has 0 saturated carbocycles. The second-order valence-electron chi connectivity index (χ2n) is 5.54. The number of piperazine rings is 1. The Morgan fingerprint density at radius 2 is 2.12 bits per heavy atom. The van der Waals surface area contributed by atoms with Crippen molar-refractivity contribution >= 4 is 40.7 Å². The van der Waals surface area contributed by atoms with Gasteiger partial charge in [-0.2, -0.15) is 5.26 Å². The first kappa shape index (κ1) is 19.9. The summed E-state index contributed by atoms with van der Waals surface area (Å²) >= 11 is 11.9. The maximum atomic E-state index is 12.5. The molecule has 138 valence electrons. The highest BCUT2D eigenvalue weighted by Gasteiger charge is 2.31. The van der Waals surface area contributed by atoms with E-state index in [9.17, 15) is 14.9 Å². The number of benzene rings is 1. The summed E-state index contributed by atoms with van der Waals surface area (Å²) in [4.78, 5) is 27.2. The molecule has 1 aliphatic rings. The quantitative estimate of drug-likeness (QED) is 0.770. The number of nitriles is 1. The number of anilines is 1. The maximum Gasteiger partial charge on any atom is 0.247 e. The Morgan fingerprint density at radius 1 is 1.42 bits per heavy atom. The fraction of sp³-hybridized carbons (Fsp3) is 0.353. The van der Waals surface area contributed by atoms with E-state index in [0.717, 1.165) is 0 Å². The largest absolute Gasteiger partial charge is 0.495 e. The molecule has 2 amide bonds. The first-order chi connectivity index (χ1) is 12.4. The molecule has 1 unspecified atom stereocenters. The summed E-state index contributed by atoms with van der Waals surface area (Å²) in [6, 6.07) is 4.49. The predicted octanol–water partition coefficient (Wildman–Crippen LogP) is 2.16. The Bertz CT molecular complexity index is 763. The number of methoxy groups -OCH3 is 1. The second kappa shape index (κ2) is 8.79. The first-order valence-electron chi connectivity index (χ1n) is 7.78. The number of carbonyl (C=O) groups is 2. The molecule has 0 radical (unpaired) electrons. The summed E-state index contributed by atoms with van der Waals surface area (Å²) in [5, 5.41) is 12.9. The van der Waals surface area contributed by atoms with Crippen LogP contribution in [0.1, 0.15) is 0 Å². The second-order valence-corrected chi connectivity index (χ2v) is 6.35. The van der Waals surface area contributed by atoms with Crippen LogP contribution >= 0.6 is 23.2 Å². The van der Waals surface area contributed by atoms with Gasteiger partial charge in [-0.05, 0) is 12.1 Å². The van der Waals surface area contributed by atoms with Gasteiger partial charge >= 0.3 is 0 Å². The van der Waals surface area contributed by atoms with Crippen LogP contribution in [0.3, 0.4) is 0 Å². The molecule has 1 atom stereocenters. The average molecular weight is 397 g/mol. The van der Waals surface area contributed by atoms with Crippen LogP contribution in [0, 0.1) is 11.3 Å². The number of nitrogens with one attached hydrogen (secondary N) is 1. The van der Waals surface area contributed by atoms with Crippen molar-refractivity contribution in [2.45, 2.75) is 6.04 Å². The van der Waals surface area contributed by atoms with Gasteiger partial charge in [-0.15, -0.1) is 0 Å². The van der Waals surface area contributed by atoms with Gasteiger partial charge in [0.2, 0.25) is 11.8 Å². The highest BCUT2D eigenvalue weighted by Crippen LogP contribution is 2.34. The van der Waals surface area contributed by atoms with Gasteiger partial charge in [0, 0.05) is 19.2 Å². The van der Waals surface area contributed by atoms with Gasteiger partial charge in [0.15, 0.2) is 0 Å². The molecule has 7 nitrogen and oxygen atoms in total. The normalized spacial score (nSPS) is 16.6. The van der Waals surface area contributed by atoms with Crippen LogP contribution in [-0.4, -0.2) is 60.9 Å². The Kier molecular flexibility index (Phi) is 6.72.